The number of carbonyl (C=O) groups is 1. The Labute approximate surface area is 147 Å². The van der Waals surface area contributed by atoms with Crippen molar-refractivity contribution >= 4 is 23.4 Å². The smallest absolute Gasteiger partial charge is 0.316 e. The molecule has 9 nitrogen and oxygen atoms in total. The van der Waals surface area contributed by atoms with Crippen molar-refractivity contribution in [1.82, 2.24) is 9.97 Å². The molecule has 10 heteroatoms. The molecule has 0 atom stereocenters. The Bertz CT molecular complexity index is 771. The van der Waals surface area contributed by atoms with Gasteiger partial charge < -0.3 is 14.2 Å². The molecule has 0 fully saturated rings. The van der Waals surface area contributed by atoms with Gasteiger partial charge in [0.2, 0.25) is 0 Å². The monoisotopic (exact) mass is 365 g/mol. The van der Waals surface area contributed by atoms with Crippen LogP contribution in [0.2, 0.25) is 0 Å². The van der Waals surface area contributed by atoms with E-state index in [1.807, 2.05) is 0 Å². The second-order valence-electron chi connectivity index (χ2n) is 4.48. The second kappa shape index (κ2) is 8.83. The van der Waals surface area contributed by atoms with Gasteiger partial charge in [0.1, 0.15) is 5.75 Å². The van der Waals surface area contributed by atoms with Gasteiger partial charge in [-0.3, -0.25) is 14.9 Å². The van der Waals surface area contributed by atoms with E-state index in [2.05, 4.69) is 9.97 Å². The molecule has 0 radical (unpaired) electrons. The van der Waals surface area contributed by atoms with E-state index in [0.717, 1.165) is 11.8 Å². The molecule has 0 N–H and O–H groups in total. The molecule has 0 amide bonds. The summed E-state index contributed by atoms with van der Waals surface area (Å²) < 4.78 is 15.5. The van der Waals surface area contributed by atoms with Crippen molar-refractivity contribution in [3.8, 4) is 17.4 Å². The zero-order valence-electron chi connectivity index (χ0n) is 13.5. The van der Waals surface area contributed by atoms with Crippen molar-refractivity contribution in [1.29, 1.82) is 0 Å². The number of rotatable bonds is 8. The number of nitrogens with zero attached hydrogens (tertiary/aromatic N) is 3. The van der Waals surface area contributed by atoms with Gasteiger partial charge in [-0.05, 0) is 13.0 Å². The SMILES string of the molecule is CCOC(=O)CSc1ncc(OC)c(Oc2cccc([N+](=O)[O-])c2)n1. The Kier molecular flexibility index (Phi) is 6.52. The van der Waals surface area contributed by atoms with Gasteiger partial charge in [-0.25, -0.2) is 4.98 Å². The molecule has 0 aliphatic rings. The van der Waals surface area contributed by atoms with Crippen molar-refractivity contribution < 1.29 is 23.9 Å². The lowest BCUT2D eigenvalue weighted by atomic mass is 10.3. The minimum absolute atomic E-state index is 0.0520. The zero-order chi connectivity index (χ0) is 18.2. The summed E-state index contributed by atoms with van der Waals surface area (Å²) in [5.41, 5.74) is -0.109. The number of nitro benzene ring substituents is 1. The number of aromatic nitrogens is 2. The lowest BCUT2D eigenvalue weighted by Gasteiger charge is -2.10. The largest absolute Gasteiger partial charge is 0.490 e. The highest BCUT2D eigenvalue weighted by Crippen LogP contribution is 2.31. The predicted molar refractivity (Wildman–Crippen MR) is 89.1 cm³/mol. The highest BCUT2D eigenvalue weighted by Gasteiger charge is 2.14. The van der Waals surface area contributed by atoms with Crippen LogP contribution in [0.15, 0.2) is 35.6 Å². The molecule has 1 heterocycles. The number of non-ortho nitro benzene ring substituents is 1. The number of hydrogen-bond donors (Lipinski definition) is 0. The first kappa shape index (κ1) is 18.5. The highest BCUT2D eigenvalue weighted by atomic mass is 32.2. The minimum atomic E-state index is -0.523. The average molecular weight is 365 g/mol. The maximum Gasteiger partial charge on any atom is 0.316 e. The Morgan fingerprint density at radius 1 is 1.40 bits per heavy atom. The van der Waals surface area contributed by atoms with E-state index in [1.54, 1.807) is 13.0 Å². The number of methoxy groups -OCH3 is 1. The van der Waals surface area contributed by atoms with Crippen molar-refractivity contribution in [2.24, 2.45) is 0 Å². The van der Waals surface area contributed by atoms with E-state index >= 15 is 0 Å². The van der Waals surface area contributed by atoms with E-state index in [-0.39, 0.29) is 39.9 Å². The fourth-order valence-corrected chi connectivity index (χ4v) is 2.33. The van der Waals surface area contributed by atoms with Crippen LogP contribution in [-0.2, 0) is 9.53 Å². The molecule has 25 heavy (non-hydrogen) atoms. The molecular formula is C15H15N3O6S. The third-order valence-corrected chi connectivity index (χ3v) is 3.62. The van der Waals surface area contributed by atoms with Crippen LogP contribution in [0.4, 0.5) is 5.69 Å². The fraction of sp³-hybridized carbons (Fsp3) is 0.267. The predicted octanol–water partition coefficient (Wildman–Crippen LogP) is 2.84. The van der Waals surface area contributed by atoms with Crippen LogP contribution in [-0.4, -0.2) is 40.3 Å². The van der Waals surface area contributed by atoms with Crippen LogP contribution in [0, 0.1) is 10.1 Å². The first-order valence-corrected chi connectivity index (χ1v) is 8.13. The Balaban J connectivity index is 2.18. The summed E-state index contributed by atoms with van der Waals surface area (Å²) in [5.74, 6) is 0.244. The maximum atomic E-state index is 11.4. The van der Waals surface area contributed by atoms with Crippen molar-refractivity contribution in [2.75, 3.05) is 19.5 Å². The molecule has 0 bridgehead atoms. The number of carbonyl (C=O) groups excluding carboxylic acids is 1. The maximum absolute atomic E-state index is 11.4. The summed E-state index contributed by atoms with van der Waals surface area (Å²) in [7, 11) is 1.42. The summed E-state index contributed by atoms with van der Waals surface area (Å²) in [6, 6.07) is 5.68. The summed E-state index contributed by atoms with van der Waals surface area (Å²) in [5, 5.41) is 11.1. The third kappa shape index (κ3) is 5.31. The Hall–Kier alpha value is -2.88. The molecule has 1 aromatic heterocycles. The zero-order valence-corrected chi connectivity index (χ0v) is 14.3. The van der Waals surface area contributed by atoms with E-state index in [1.165, 1.54) is 31.5 Å². The van der Waals surface area contributed by atoms with Gasteiger partial charge in [-0.1, -0.05) is 17.8 Å². The molecule has 1 aromatic carbocycles. The van der Waals surface area contributed by atoms with Crippen molar-refractivity contribution in [3.63, 3.8) is 0 Å². The fourth-order valence-electron chi connectivity index (χ4n) is 1.72. The van der Waals surface area contributed by atoms with Crippen molar-refractivity contribution in [2.45, 2.75) is 12.1 Å². The lowest BCUT2D eigenvalue weighted by molar-refractivity contribution is -0.384. The lowest BCUT2D eigenvalue weighted by Crippen LogP contribution is -2.07. The summed E-state index contributed by atoms with van der Waals surface area (Å²) in [6.07, 6.45) is 1.40. The number of thioether (sulfide) groups is 1. The standard InChI is InChI=1S/C15H15N3O6S/c1-3-23-13(19)9-25-15-16-8-12(22-2)14(17-15)24-11-6-4-5-10(7-11)18(20)21/h4-8H,3,9H2,1-2H3. The number of benzene rings is 1. The Morgan fingerprint density at radius 2 is 2.20 bits per heavy atom. The van der Waals surface area contributed by atoms with Gasteiger partial charge in [0.15, 0.2) is 10.9 Å². The number of hydrogen-bond acceptors (Lipinski definition) is 9. The first-order chi connectivity index (χ1) is 12.0. The van der Waals surface area contributed by atoms with E-state index in [9.17, 15) is 14.9 Å². The average Bonchev–Trinajstić information content (AvgIpc) is 2.60. The topological polar surface area (TPSA) is 114 Å². The summed E-state index contributed by atoms with van der Waals surface area (Å²) in [6.45, 7) is 2.02. The van der Waals surface area contributed by atoms with Gasteiger partial charge in [0, 0.05) is 6.07 Å². The van der Waals surface area contributed by atoms with Crippen LogP contribution >= 0.6 is 11.8 Å². The molecule has 0 aliphatic heterocycles. The molecule has 0 saturated heterocycles. The molecular weight excluding hydrogens is 350 g/mol. The van der Waals surface area contributed by atoms with Crippen LogP contribution < -0.4 is 9.47 Å². The van der Waals surface area contributed by atoms with Gasteiger partial charge in [-0.15, -0.1) is 0 Å². The van der Waals surface area contributed by atoms with E-state index < -0.39 is 4.92 Å². The second-order valence-corrected chi connectivity index (χ2v) is 5.42. The van der Waals surface area contributed by atoms with Gasteiger partial charge in [-0.2, -0.15) is 4.98 Å². The first-order valence-electron chi connectivity index (χ1n) is 7.15. The quantitative estimate of drug-likeness (QED) is 0.229. The summed E-state index contributed by atoms with van der Waals surface area (Å²) >= 11 is 1.08. The van der Waals surface area contributed by atoms with Crippen molar-refractivity contribution in [3.05, 3.63) is 40.6 Å². The van der Waals surface area contributed by atoms with Gasteiger partial charge in [0.25, 0.3) is 11.6 Å². The highest BCUT2D eigenvalue weighted by molar-refractivity contribution is 7.99. The van der Waals surface area contributed by atoms with Crippen LogP contribution in [0.1, 0.15) is 6.92 Å². The molecule has 2 aromatic rings. The minimum Gasteiger partial charge on any atom is -0.490 e. The van der Waals surface area contributed by atoms with E-state index in [4.69, 9.17) is 14.2 Å². The van der Waals surface area contributed by atoms with Gasteiger partial charge in [0.05, 0.1) is 36.7 Å². The van der Waals surface area contributed by atoms with Crippen LogP contribution in [0.5, 0.6) is 17.4 Å². The van der Waals surface area contributed by atoms with Gasteiger partial charge >= 0.3 is 5.97 Å². The molecule has 0 aliphatic carbocycles. The number of nitro groups is 1. The van der Waals surface area contributed by atoms with E-state index in [0.29, 0.717) is 6.61 Å². The Morgan fingerprint density at radius 3 is 2.88 bits per heavy atom. The number of ether oxygens (including phenoxy) is 3. The normalized spacial score (nSPS) is 10.2. The van der Waals surface area contributed by atoms with Crippen LogP contribution in [0.3, 0.4) is 0 Å². The number of esters is 1. The molecule has 0 spiro atoms. The molecule has 0 saturated carbocycles. The molecule has 2 rings (SSSR count). The molecule has 132 valence electrons. The molecule has 0 unspecified atom stereocenters. The summed E-state index contributed by atoms with van der Waals surface area (Å²) in [4.78, 5) is 29.9. The third-order valence-electron chi connectivity index (χ3n) is 2.79. The van der Waals surface area contributed by atoms with Crippen LogP contribution in [0.25, 0.3) is 0 Å².